The Labute approximate surface area is 178 Å². The fraction of sp³-hybridized carbons (Fsp3) is 0.520. The molecule has 5 rings (SSSR count). The lowest BCUT2D eigenvalue weighted by molar-refractivity contribution is -0.264. The molecule has 0 N–H and O–H groups in total. The number of hydrogen-bond acceptors (Lipinski definition) is 5. The molecule has 5 nitrogen and oxygen atoms in total. The molecule has 2 aromatic carbocycles. The zero-order valence-electron chi connectivity index (χ0n) is 17.7. The number of benzene rings is 2. The molecule has 0 bridgehead atoms. The zero-order chi connectivity index (χ0) is 20.5. The molecule has 0 spiro atoms. The summed E-state index contributed by atoms with van der Waals surface area (Å²) in [7, 11) is 0. The predicted octanol–water partition coefficient (Wildman–Crippen LogP) is 4.46. The Morgan fingerprint density at radius 1 is 0.767 bits per heavy atom. The molecule has 0 saturated carbocycles. The maximum absolute atomic E-state index is 6.16. The maximum atomic E-state index is 6.16. The maximum Gasteiger partial charge on any atom is 0.190 e. The van der Waals surface area contributed by atoms with Crippen LogP contribution in [0, 0.1) is 6.92 Å². The molecule has 5 heteroatoms. The van der Waals surface area contributed by atoms with E-state index >= 15 is 0 Å². The predicted molar refractivity (Wildman–Crippen MR) is 112 cm³/mol. The molecule has 3 heterocycles. The molecule has 0 aliphatic carbocycles. The van der Waals surface area contributed by atoms with E-state index in [9.17, 15) is 0 Å². The van der Waals surface area contributed by atoms with E-state index in [0.717, 1.165) is 18.4 Å². The van der Waals surface area contributed by atoms with Gasteiger partial charge in [0.25, 0.3) is 0 Å². The summed E-state index contributed by atoms with van der Waals surface area (Å²) >= 11 is 0. The number of hydrogen-bond donors (Lipinski definition) is 0. The van der Waals surface area contributed by atoms with Gasteiger partial charge >= 0.3 is 0 Å². The second-order valence-electron chi connectivity index (χ2n) is 8.55. The van der Waals surface area contributed by atoms with Crippen molar-refractivity contribution in [1.82, 2.24) is 0 Å². The standard InChI is InChI=1S/C25H30O5/c1-16-7-9-18(10-8-16)5-3-4-6-19-11-13-20(14-12-19)24-29-23-22-21(28-25(23)30-24)15-26-17(2)27-22/h7-14,17,21-25H,3-6,15H2,1-2H3. The van der Waals surface area contributed by atoms with E-state index in [4.69, 9.17) is 23.7 Å². The highest BCUT2D eigenvalue weighted by Crippen LogP contribution is 2.41. The van der Waals surface area contributed by atoms with Crippen LogP contribution in [0.3, 0.4) is 0 Å². The lowest BCUT2D eigenvalue weighted by atomic mass is 10.0. The summed E-state index contributed by atoms with van der Waals surface area (Å²) in [5, 5.41) is 0. The summed E-state index contributed by atoms with van der Waals surface area (Å²) in [6, 6.07) is 17.4. The number of aryl methyl sites for hydroxylation is 3. The van der Waals surface area contributed by atoms with E-state index in [0.29, 0.717) is 6.61 Å². The second kappa shape index (κ2) is 8.77. The van der Waals surface area contributed by atoms with Crippen molar-refractivity contribution in [2.24, 2.45) is 0 Å². The Morgan fingerprint density at radius 2 is 1.43 bits per heavy atom. The van der Waals surface area contributed by atoms with Crippen molar-refractivity contribution in [3.8, 4) is 0 Å². The Morgan fingerprint density at radius 3 is 2.13 bits per heavy atom. The Kier molecular flexibility index (Phi) is 5.89. The van der Waals surface area contributed by atoms with E-state index in [2.05, 4.69) is 55.5 Å². The average Bonchev–Trinajstić information content (AvgIpc) is 3.31. The molecule has 0 aromatic heterocycles. The van der Waals surface area contributed by atoms with Gasteiger partial charge in [-0.15, -0.1) is 0 Å². The van der Waals surface area contributed by atoms with E-state index in [1.54, 1.807) is 0 Å². The van der Waals surface area contributed by atoms with Gasteiger partial charge in [-0.1, -0.05) is 54.1 Å². The summed E-state index contributed by atoms with van der Waals surface area (Å²) in [6.07, 6.45) is 3.14. The van der Waals surface area contributed by atoms with Gasteiger partial charge in [-0.25, -0.2) is 0 Å². The van der Waals surface area contributed by atoms with Crippen molar-refractivity contribution < 1.29 is 23.7 Å². The third-order valence-corrected chi connectivity index (χ3v) is 6.20. The SMILES string of the molecule is Cc1ccc(CCCCc2ccc(C3OC4OC5COC(C)OC5C4O3)cc2)cc1. The van der Waals surface area contributed by atoms with Crippen LogP contribution in [-0.4, -0.2) is 37.5 Å². The molecule has 160 valence electrons. The Bertz CT molecular complexity index is 834. The van der Waals surface area contributed by atoms with Gasteiger partial charge in [0, 0.05) is 5.56 Å². The highest BCUT2D eigenvalue weighted by atomic mass is 16.8. The van der Waals surface area contributed by atoms with Crippen molar-refractivity contribution in [3.63, 3.8) is 0 Å². The quantitative estimate of drug-likeness (QED) is 0.658. The van der Waals surface area contributed by atoms with Crippen LogP contribution >= 0.6 is 0 Å². The van der Waals surface area contributed by atoms with Crippen LogP contribution in [0.5, 0.6) is 0 Å². The van der Waals surface area contributed by atoms with Crippen molar-refractivity contribution in [2.75, 3.05) is 6.61 Å². The normalized spacial score (nSPS) is 32.7. The second-order valence-corrected chi connectivity index (χ2v) is 8.55. The van der Waals surface area contributed by atoms with Crippen LogP contribution < -0.4 is 0 Å². The molecule has 3 aliphatic heterocycles. The first-order valence-corrected chi connectivity index (χ1v) is 11.0. The summed E-state index contributed by atoms with van der Waals surface area (Å²) in [5.41, 5.74) is 5.11. The third kappa shape index (κ3) is 4.32. The lowest BCUT2D eigenvalue weighted by Gasteiger charge is -2.31. The molecule has 3 aliphatic rings. The highest BCUT2D eigenvalue weighted by Gasteiger charge is 2.55. The summed E-state index contributed by atoms with van der Waals surface area (Å²) in [5.74, 6) is 0. The van der Waals surface area contributed by atoms with Crippen molar-refractivity contribution in [2.45, 2.75) is 76.7 Å². The number of fused-ring (bicyclic) bond motifs is 3. The van der Waals surface area contributed by atoms with Gasteiger partial charge in [-0.2, -0.15) is 0 Å². The summed E-state index contributed by atoms with van der Waals surface area (Å²) in [4.78, 5) is 0. The molecule has 0 radical (unpaired) electrons. The first kappa shape index (κ1) is 20.2. The van der Waals surface area contributed by atoms with E-state index in [-0.39, 0.29) is 30.9 Å². The van der Waals surface area contributed by atoms with Gasteiger partial charge < -0.3 is 23.7 Å². The van der Waals surface area contributed by atoms with Gasteiger partial charge in [-0.3, -0.25) is 0 Å². The van der Waals surface area contributed by atoms with Crippen molar-refractivity contribution >= 4 is 0 Å². The summed E-state index contributed by atoms with van der Waals surface area (Å²) < 4.78 is 29.5. The molecular weight excluding hydrogens is 380 g/mol. The Hall–Kier alpha value is -1.76. The molecule has 0 amide bonds. The monoisotopic (exact) mass is 410 g/mol. The first-order valence-electron chi connectivity index (χ1n) is 11.0. The summed E-state index contributed by atoms with van der Waals surface area (Å²) in [6.45, 7) is 4.55. The fourth-order valence-corrected chi connectivity index (χ4v) is 4.44. The minimum Gasteiger partial charge on any atom is -0.350 e. The smallest absolute Gasteiger partial charge is 0.190 e. The number of rotatable bonds is 6. The molecule has 3 fully saturated rings. The number of unbranched alkanes of at least 4 members (excludes halogenated alkanes) is 1. The zero-order valence-corrected chi connectivity index (χ0v) is 17.7. The minimum atomic E-state index is -0.404. The van der Waals surface area contributed by atoms with Gasteiger partial charge in [0.2, 0.25) is 0 Å². The molecule has 6 unspecified atom stereocenters. The molecule has 2 aromatic rings. The fourth-order valence-electron chi connectivity index (χ4n) is 4.44. The van der Waals surface area contributed by atoms with E-state index in [1.807, 2.05) is 6.92 Å². The van der Waals surface area contributed by atoms with Crippen LogP contribution in [0.15, 0.2) is 48.5 Å². The van der Waals surface area contributed by atoms with Crippen molar-refractivity contribution in [3.05, 3.63) is 70.8 Å². The highest BCUT2D eigenvalue weighted by molar-refractivity contribution is 5.24. The van der Waals surface area contributed by atoms with Crippen LogP contribution in [0.1, 0.15) is 48.3 Å². The van der Waals surface area contributed by atoms with Crippen LogP contribution in [0.4, 0.5) is 0 Å². The Balaban J connectivity index is 1.10. The largest absolute Gasteiger partial charge is 0.350 e. The lowest BCUT2D eigenvalue weighted by Crippen LogP contribution is -2.45. The molecular formula is C25H30O5. The van der Waals surface area contributed by atoms with Crippen LogP contribution in [0.25, 0.3) is 0 Å². The molecule has 3 saturated heterocycles. The van der Waals surface area contributed by atoms with Gasteiger partial charge in [0.1, 0.15) is 18.3 Å². The van der Waals surface area contributed by atoms with Gasteiger partial charge in [-0.05, 0) is 50.7 Å². The minimum absolute atomic E-state index is 0.112. The van der Waals surface area contributed by atoms with E-state index in [1.165, 1.54) is 29.5 Å². The molecule has 30 heavy (non-hydrogen) atoms. The number of ether oxygens (including phenoxy) is 5. The van der Waals surface area contributed by atoms with Gasteiger partial charge in [0.05, 0.1) is 6.61 Å². The first-order chi connectivity index (χ1) is 14.7. The third-order valence-electron chi connectivity index (χ3n) is 6.20. The van der Waals surface area contributed by atoms with E-state index < -0.39 is 6.29 Å². The molecule has 6 atom stereocenters. The van der Waals surface area contributed by atoms with Crippen molar-refractivity contribution in [1.29, 1.82) is 0 Å². The topological polar surface area (TPSA) is 46.2 Å². The van der Waals surface area contributed by atoms with Crippen LogP contribution in [-0.2, 0) is 36.5 Å². The van der Waals surface area contributed by atoms with Crippen LogP contribution in [0.2, 0.25) is 0 Å². The van der Waals surface area contributed by atoms with Gasteiger partial charge in [0.15, 0.2) is 18.9 Å². The average molecular weight is 411 g/mol.